The molecule has 0 saturated heterocycles. The standard InChI is InChI=1S/C23H28N2O/c1-24-15-21-17(10-11-20-19(21)4-3-5-23(20)26-2)8-6-16-7-9-18-12-13-25-22(18)14-16/h3-5,7,9,13-14,17,21,24H,6,8,10-12,15H2,1-2H3. The Morgan fingerprint density at radius 3 is 3.00 bits per heavy atom. The van der Waals surface area contributed by atoms with Gasteiger partial charge in [-0.15, -0.1) is 0 Å². The number of rotatable bonds is 6. The van der Waals surface area contributed by atoms with E-state index in [9.17, 15) is 0 Å². The van der Waals surface area contributed by atoms with Crippen molar-refractivity contribution in [2.75, 3.05) is 20.7 Å². The van der Waals surface area contributed by atoms with E-state index in [-0.39, 0.29) is 0 Å². The maximum Gasteiger partial charge on any atom is 0.122 e. The molecule has 0 aromatic heterocycles. The number of aliphatic imine (C=N–C) groups is 1. The molecular formula is C23H28N2O. The predicted molar refractivity (Wildman–Crippen MR) is 108 cm³/mol. The lowest BCUT2D eigenvalue weighted by molar-refractivity contribution is 0.332. The third-order valence-electron chi connectivity index (χ3n) is 6.04. The smallest absolute Gasteiger partial charge is 0.122 e. The summed E-state index contributed by atoms with van der Waals surface area (Å²) < 4.78 is 5.61. The Balaban J connectivity index is 1.51. The Morgan fingerprint density at radius 2 is 2.15 bits per heavy atom. The Bertz CT molecular complexity index is 812. The summed E-state index contributed by atoms with van der Waals surface area (Å²) in [6, 6.07) is 13.4. The number of hydrogen-bond acceptors (Lipinski definition) is 3. The van der Waals surface area contributed by atoms with Crippen molar-refractivity contribution in [1.29, 1.82) is 0 Å². The van der Waals surface area contributed by atoms with Gasteiger partial charge in [0.25, 0.3) is 0 Å². The largest absolute Gasteiger partial charge is 0.496 e. The highest BCUT2D eigenvalue weighted by atomic mass is 16.5. The fourth-order valence-corrected chi connectivity index (χ4v) is 4.67. The van der Waals surface area contributed by atoms with Gasteiger partial charge in [0, 0.05) is 19.2 Å². The first-order chi connectivity index (χ1) is 12.8. The molecule has 2 aromatic rings. The minimum atomic E-state index is 0.561. The van der Waals surface area contributed by atoms with Gasteiger partial charge in [-0.05, 0) is 79.0 Å². The van der Waals surface area contributed by atoms with Gasteiger partial charge in [-0.3, -0.25) is 4.99 Å². The van der Waals surface area contributed by atoms with E-state index in [1.165, 1.54) is 40.8 Å². The van der Waals surface area contributed by atoms with Crippen LogP contribution in [0.2, 0.25) is 0 Å². The molecular weight excluding hydrogens is 320 g/mol. The maximum atomic E-state index is 5.61. The van der Waals surface area contributed by atoms with E-state index in [0.29, 0.717) is 11.8 Å². The molecule has 0 saturated carbocycles. The molecule has 0 spiro atoms. The van der Waals surface area contributed by atoms with E-state index in [1.54, 1.807) is 7.11 Å². The molecule has 0 amide bonds. The fraction of sp³-hybridized carbons (Fsp3) is 0.435. The number of nitrogens with zero attached hydrogens (tertiary/aromatic N) is 1. The zero-order valence-electron chi connectivity index (χ0n) is 15.8. The van der Waals surface area contributed by atoms with Crippen LogP contribution in [-0.4, -0.2) is 26.9 Å². The lowest BCUT2D eigenvalue weighted by atomic mass is 9.72. The zero-order valence-corrected chi connectivity index (χ0v) is 15.8. The molecule has 1 heterocycles. The third-order valence-corrected chi connectivity index (χ3v) is 6.04. The molecule has 2 aromatic carbocycles. The van der Waals surface area contributed by atoms with Gasteiger partial charge in [0.2, 0.25) is 0 Å². The molecule has 26 heavy (non-hydrogen) atoms. The van der Waals surface area contributed by atoms with E-state index in [2.05, 4.69) is 53.8 Å². The van der Waals surface area contributed by atoms with E-state index < -0.39 is 0 Å². The first kappa shape index (κ1) is 17.3. The monoisotopic (exact) mass is 348 g/mol. The van der Waals surface area contributed by atoms with Crippen LogP contribution in [0.1, 0.15) is 41.0 Å². The second-order valence-electron chi connectivity index (χ2n) is 7.51. The number of nitrogens with one attached hydrogen (secondary N) is 1. The van der Waals surface area contributed by atoms with Crippen LogP contribution in [-0.2, 0) is 19.3 Å². The number of hydrogen-bond donors (Lipinski definition) is 1. The summed E-state index contributed by atoms with van der Waals surface area (Å²) in [5, 5.41) is 3.42. The van der Waals surface area contributed by atoms with Crippen LogP contribution in [0.15, 0.2) is 41.4 Å². The predicted octanol–water partition coefficient (Wildman–Crippen LogP) is 4.45. The fourth-order valence-electron chi connectivity index (χ4n) is 4.67. The van der Waals surface area contributed by atoms with Gasteiger partial charge in [-0.25, -0.2) is 0 Å². The molecule has 136 valence electrons. The molecule has 0 radical (unpaired) electrons. The summed E-state index contributed by atoms with van der Waals surface area (Å²) in [4.78, 5) is 4.50. The molecule has 2 unspecified atom stereocenters. The molecule has 2 aliphatic rings. The summed E-state index contributed by atoms with van der Waals surface area (Å²) in [6.07, 6.45) is 7.73. The average Bonchev–Trinajstić information content (AvgIpc) is 3.14. The van der Waals surface area contributed by atoms with Crippen molar-refractivity contribution < 1.29 is 4.74 Å². The van der Waals surface area contributed by atoms with Gasteiger partial charge in [0.15, 0.2) is 0 Å². The number of methoxy groups -OCH3 is 1. The van der Waals surface area contributed by atoms with Crippen molar-refractivity contribution in [1.82, 2.24) is 5.32 Å². The summed E-state index contributed by atoms with van der Waals surface area (Å²) in [7, 11) is 3.84. The molecule has 1 aliphatic carbocycles. The molecule has 2 atom stereocenters. The number of likely N-dealkylation sites (N-methyl/N-ethyl adjacent to an activating group) is 1. The number of aryl methyl sites for hydroxylation is 1. The number of benzene rings is 2. The topological polar surface area (TPSA) is 33.6 Å². The van der Waals surface area contributed by atoms with Crippen molar-refractivity contribution in [3.63, 3.8) is 0 Å². The van der Waals surface area contributed by atoms with E-state index in [0.717, 1.165) is 31.6 Å². The van der Waals surface area contributed by atoms with Crippen molar-refractivity contribution in [2.45, 2.75) is 38.0 Å². The first-order valence-electron chi connectivity index (χ1n) is 9.75. The van der Waals surface area contributed by atoms with Crippen molar-refractivity contribution in [3.8, 4) is 5.75 Å². The van der Waals surface area contributed by atoms with Crippen LogP contribution in [0.5, 0.6) is 5.75 Å². The molecule has 3 nitrogen and oxygen atoms in total. The maximum absolute atomic E-state index is 5.61. The minimum Gasteiger partial charge on any atom is -0.496 e. The molecule has 1 aliphatic heterocycles. The molecule has 0 fully saturated rings. The minimum absolute atomic E-state index is 0.561. The summed E-state index contributed by atoms with van der Waals surface area (Å²) >= 11 is 0. The van der Waals surface area contributed by atoms with Crippen molar-refractivity contribution in [2.24, 2.45) is 10.9 Å². The van der Waals surface area contributed by atoms with Gasteiger partial charge in [0.1, 0.15) is 5.75 Å². The third kappa shape index (κ3) is 3.28. The molecule has 3 heteroatoms. The lowest BCUT2D eigenvalue weighted by Crippen LogP contribution is -2.29. The summed E-state index contributed by atoms with van der Waals surface area (Å²) in [6.45, 7) is 1.03. The van der Waals surface area contributed by atoms with Gasteiger partial charge in [0.05, 0.1) is 12.8 Å². The zero-order chi connectivity index (χ0) is 17.9. The van der Waals surface area contributed by atoms with Crippen LogP contribution >= 0.6 is 0 Å². The first-order valence-corrected chi connectivity index (χ1v) is 9.75. The van der Waals surface area contributed by atoms with Crippen LogP contribution < -0.4 is 10.1 Å². The number of ether oxygens (including phenoxy) is 1. The van der Waals surface area contributed by atoms with E-state index >= 15 is 0 Å². The Morgan fingerprint density at radius 1 is 1.23 bits per heavy atom. The molecule has 1 N–H and O–H groups in total. The molecule has 0 bridgehead atoms. The quantitative estimate of drug-likeness (QED) is 0.837. The highest BCUT2D eigenvalue weighted by molar-refractivity contribution is 5.75. The Hall–Kier alpha value is -2.13. The van der Waals surface area contributed by atoms with E-state index in [4.69, 9.17) is 4.74 Å². The van der Waals surface area contributed by atoms with Gasteiger partial charge in [-0.1, -0.05) is 24.3 Å². The van der Waals surface area contributed by atoms with Crippen LogP contribution in [0.25, 0.3) is 0 Å². The van der Waals surface area contributed by atoms with Crippen LogP contribution in [0.3, 0.4) is 0 Å². The number of fused-ring (bicyclic) bond motifs is 2. The molecule has 4 rings (SSSR count). The lowest BCUT2D eigenvalue weighted by Gasteiger charge is -2.34. The average molecular weight is 348 g/mol. The second kappa shape index (κ2) is 7.63. The normalized spacial score (nSPS) is 20.7. The second-order valence-corrected chi connectivity index (χ2v) is 7.51. The highest BCUT2D eigenvalue weighted by Crippen LogP contribution is 2.41. The highest BCUT2D eigenvalue weighted by Gasteiger charge is 2.30. The van der Waals surface area contributed by atoms with Gasteiger partial charge in [-0.2, -0.15) is 0 Å². The SMILES string of the molecule is CNCC1c2cccc(OC)c2CCC1CCc1ccc2c(c1)N=CC2. The summed E-state index contributed by atoms with van der Waals surface area (Å²) in [5.74, 6) is 2.32. The Labute approximate surface area is 156 Å². The van der Waals surface area contributed by atoms with Crippen molar-refractivity contribution in [3.05, 3.63) is 58.7 Å². The van der Waals surface area contributed by atoms with Crippen LogP contribution in [0.4, 0.5) is 5.69 Å². The van der Waals surface area contributed by atoms with Crippen molar-refractivity contribution >= 4 is 11.9 Å². The van der Waals surface area contributed by atoms with Gasteiger partial charge < -0.3 is 10.1 Å². The van der Waals surface area contributed by atoms with E-state index in [1.807, 2.05) is 6.21 Å². The Kier molecular flexibility index (Phi) is 5.07. The van der Waals surface area contributed by atoms with Gasteiger partial charge >= 0.3 is 0 Å². The van der Waals surface area contributed by atoms with Crippen LogP contribution in [0, 0.1) is 5.92 Å². The summed E-state index contributed by atoms with van der Waals surface area (Å²) in [5.41, 5.74) is 6.85.